The summed E-state index contributed by atoms with van der Waals surface area (Å²) in [4.78, 5) is 49.0. The summed E-state index contributed by atoms with van der Waals surface area (Å²) in [6.45, 7) is 2.91. The number of halogens is 6. The number of piperidine rings is 1. The highest BCUT2D eigenvalue weighted by molar-refractivity contribution is 6.34. The molecule has 3 N–H and O–H groups in total. The molecule has 252 valence electrons. The smallest absolute Gasteiger partial charge is 0.339 e. The van der Waals surface area contributed by atoms with Crippen LogP contribution in [0.5, 0.6) is 0 Å². The Morgan fingerprint density at radius 3 is 2.38 bits per heavy atom. The van der Waals surface area contributed by atoms with Gasteiger partial charge in [0.2, 0.25) is 5.91 Å². The lowest BCUT2D eigenvalue weighted by molar-refractivity contribution is -0.142. The van der Waals surface area contributed by atoms with Crippen molar-refractivity contribution in [3.63, 3.8) is 0 Å². The van der Waals surface area contributed by atoms with E-state index in [9.17, 15) is 36.3 Å². The number of imidazole rings is 1. The molecule has 3 aliphatic rings. The Hall–Kier alpha value is -4.05. The van der Waals surface area contributed by atoms with Gasteiger partial charge in [-0.2, -0.15) is 18.3 Å². The Morgan fingerprint density at radius 2 is 1.74 bits per heavy atom. The number of carbonyl (C=O) groups excluding carboxylic acids is 3. The van der Waals surface area contributed by atoms with Gasteiger partial charge < -0.3 is 25.4 Å². The minimum atomic E-state index is -4.81. The van der Waals surface area contributed by atoms with Crippen LogP contribution >= 0.6 is 11.6 Å². The van der Waals surface area contributed by atoms with Crippen LogP contribution in [0.4, 0.5) is 27.6 Å². The lowest BCUT2D eigenvalue weighted by Gasteiger charge is -2.37. The summed E-state index contributed by atoms with van der Waals surface area (Å²) in [5.74, 6) is -5.02. The largest absolute Gasteiger partial charge is 0.435 e. The summed E-state index contributed by atoms with van der Waals surface area (Å²) < 4.78 is 68.3. The first-order chi connectivity index (χ1) is 22.3. The Morgan fingerprint density at radius 1 is 1.06 bits per heavy atom. The van der Waals surface area contributed by atoms with Crippen LogP contribution in [0, 0.1) is 11.8 Å². The van der Waals surface area contributed by atoms with Crippen LogP contribution in [0.1, 0.15) is 57.2 Å². The van der Waals surface area contributed by atoms with E-state index in [0.29, 0.717) is 26.2 Å². The zero-order valence-corrected chi connectivity index (χ0v) is 25.8. The minimum Gasteiger partial charge on any atom is -0.339 e. The number of amides is 3. The second-order valence-electron chi connectivity index (χ2n) is 12.1. The lowest BCUT2D eigenvalue weighted by Crippen LogP contribution is -2.52. The zero-order valence-electron chi connectivity index (χ0n) is 25.0. The monoisotopic (exact) mass is 682 g/mol. The number of carbonyl (C=O) groups is 3. The summed E-state index contributed by atoms with van der Waals surface area (Å²) in [7, 11) is 0. The van der Waals surface area contributed by atoms with E-state index in [2.05, 4.69) is 25.7 Å². The average Bonchev–Trinajstić information content (AvgIpc) is 3.36. The highest BCUT2D eigenvalue weighted by atomic mass is 35.5. The van der Waals surface area contributed by atoms with Crippen molar-refractivity contribution in [3.8, 4) is 0 Å². The molecule has 0 spiro atoms. The Kier molecular flexibility index (Phi) is 9.00. The molecule has 3 fully saturated rings. The lowest BCUT2D eigenvalue weighted by atomic mass is 9.96. The molecule has 1 aromatic carbocycles. The third kappa shape index (κ3) is 7.43. The van der Waals surface area contributed by atoms with E-state index in [0.717, 1.165) is 36.8 Å². The van der Waals surface area contributed by atoms with Gasteiger partial charge in [-0.15, -0.1) is 0 Å². The second kappa shape index (κ2) is 12.9. The number of H-pyrrole nitrogens is 1. The molecule has 17 heteroatoms. The highest BCUT2D eigenvalue weighted by Gasteiger charge is 2.57. The van der Waals surface area contributed by atoms with E-state index in [4.69, 9.17) is 11.6 Å². The molecule has 0 unspecified atom stereocenters. The number of anilines is 1. The number of benzene rings is 1. The van der Waals surface area contributed by atoms with E-state index in [-0.39, 0.29) is 64.1 Å². The topological polar surface area (TPSA) is 128 Å². The fourth-order valence-electron chi connectivity index (χ4n) is 5.97. The van der Waals surface area contributed by atoms with Gasteiger partial charge in [-0.05, 0) is 44.1 Å². The van der Waals surface area contributed by atoms with Gasteiger partial charge in [0.25, 0.3) is 17.7 Å². The first-order valence-corrected chi connectivity index (χ1v) is 15.6. The molecule has 1 atom stereocenters. The van der Waals surface area contributed by atoms with Crippen LogP contribution in [0.3, 0.4) is 0 Å². The van der Waals surface area contributed by atoms with E-state index in [1.165, 1.54) is 24.4 Å². The standard InChI is InChI=1S/C30H32ClF5N8O3/c31-23-12-20(1-2-22(23)28(47)43-9-7-42(8-10-43)27(46)17-3-5-37-6-4-17)40-26(45)25-38-14-21(39-25)11-18-15-44(16-19-13-29(19,32)33)41-24(18)30(34,35)36/h1-2,12,14-15,17,19,37H,3-11,13,16H2,(H,38,39)(H,40,45)/t19-/m0/s1. The summed E-state index contributed by atoms with van der Waals surface area (Å²) in [5.41, 5.74) is -0.787. The number of hydrogen-bond donors (Lipinski definition) is 3. The van der Waals surface area contributed by atoms with E-state index >= 15 is 0 Å². The summed E-state index contributed by atoms with van der Waals surface area (Å²) in [6.07, 6.45) is -1.63. The number of nitrogens with zero attached hydrogens (tertiary/aromatic N) is 5. The first kappa shape index (κ1) is 32.9. The number of rotatable bonds is 8. The number of nitrogens with one attached hydrogen (secondary N) is 3. The molecule has 11 nitrogen and oxygen atoms in total. The van der Waals surface area contributed by atoms with E-state index in [1.807, 2.05) is 0 Å². The Labute approximate surface area is 270 Å². The predicted molar refractivity (Wildman–Crippen MR) is 159 cm³/mol. The molecule has 4 heterocycles. The van der Waals surface area contributed by atoms with Crippen molar-refractivity contribution in [2.24, 2.45) is 11.8 Å². The molecule has 2 aliphatic heterocycles. The fourth-order valence-corrected chi connectivity index (χ4v) is 6.23. The molecule has 3 aromatic rings. The van der Waals surface area contributed by atoms with Crippen molar-refractivity contribution < 1.29 is 36.3 Å². The van der Waals surface area contributed by atoms with Crippen molar-refractivity contribution in [1.29, 1.82) is 0 Å². The maximum absolute atomic E-state index is 13.6. The molecular weight excluding hydrogens is 651 g/mol. The van der Waals surface area contributed by atoms with Crippen LogP contribution in [0.2, 0.25) is 5.02 Å². The van der Waals surface area contributed by atoms with Crippen LogP contribution in [0.15, 0.2) is 30.6 Å². The third-order valence-corrected chi connectivity index (χ3v) is 9.03. The van der Waals surface area contributed by atoms with Crippen molar-refractivity contribution in [2.45, 2.75) is 44.3 Å². The van der Waals surface area contributed by atoms with E-state index in [1.54, 1.807) is 9.80 Å². The van der Waals surface area contributed by atoms with Gasteiger partial charge in [-0.1, -0.05) is 11.6 Å². The van der Waals surface area contributed by atoms with Crippen molar-refractivity contribution >= 4 is 35.0 Å². The molecule has 47 heavy (non-hydrogen) atoms. The maximum Gasteiger partial charge on any atom is 0.435 e. The van der Waals surface area contributed by atoms with Crippen LogP contribution in [0.25, 0.3) is 0 Å². The quantitative estimate of drug-likeness (QED) is 0.308. The van der Waals surface area contributed by atoms with Crippen molar-refractivity contribution in [1.82, 2.24) is 34.9 Å². The molecule has 2 aromatic heterocycles. The molecule has 1 aliphatic carbocycles. The summed E-state index contributed by atoms with van der Waals surface area (Å²) in [5, 5.41) is 9.43. The van der Waals surface area contributed by atoms with Gasteiger partial charge in [0, 0.05) is 86.7 Å². The van der Waals surface area contributed by atoms with Crippen molar-refractivity contribution in [2.75, 3.05) is 44.6 Å². The Bertz CT molecular complexity index is 1660. The zero-order chi connectivity index (χ0) is 33.5. The summed E-state index contributed by atoms with van der Waals surface area (Å²) in [6, 6.07) is 4.38. The second-order valence-corrected chi connectivity index (χ2v) is 12.5. The molecule has 3 amide bonds. The van der Waals surface area contributed by atoms with Crippen LogP contribution in [-0.2, 0) is 23.9 Å². The number of piperazine rings is 1. The fraction of sp³-hybridized carbons (Fsp3) is 0.500. The first-order valence-electron chi connectivity index (χ1n) is 15.2. The minimum absolute atomic E-state index is 0.00734. The van der Waals surface area contributed by atoms with E-state index < -0.39 is 36.0 Å². The molecule has 6 rings (SSSR count). The van der Waals surface area contributed by atoms with Gasteiger partial charge >= 0.3 is 6.18 Å². The number of aromatic amines is 1. The molecule has 0 radical (unpaired) electrons. The normalized spacial score (nSPS) is 19.9. The van der Waals surface area contributed by atoms with Gasteiger partial charge in [0.1, 0.15) is 0 Å². The van der Waals surface area contributed by atoms with Crippen molar-refractivity contribution in [3.05, 3.63) is 64.0 Å². The SMILES string of the molecule is O=C(Nc1ccc(C(=O)N2CCN(C(=O)C3CCNCC3)CC2)c(Cl)c1)c1ncc(Cc2cn(C[C@@H]3CC3(F)F)nc2C(F)(F)F)[nH]1. The van der Waals surface area contributed by atoms with Gasteiger partial charge in [-0.25, -0.2) is 13.8 Å². The van der Waals surface area contributed by atoms with Gasteiger partial charge in [0.15, 0.2) is 11.5 Å². The highest BCUT2D eigenvalue weighted by Crippen LogP contribution is 2.49. The van der Waals surface area contributed by atoms with Crippen LogP contribution < -0.4 is 10.6 Å². The molecule has 1 saturated carbocycles. The number of alkyl halides is 5. The average molecular weight is 683 g/mol. The Balaban J connectivity index is 1.05. The van der Waals surface area contributed by atoms with Crippen LogP contribution in [-0.4, -0.2) is 92.5 Å². The molecule has 2 saturated heterocycles. The molecule has 0 bridgehead atoms. The number of hydrogen-bond acceptors (Lipinski definition) is 6. The molecular formula is C30H32ClF5N8O3. The predicted octanol–water partition coefficient (Wildman–Crippen LogP) is 4.06. The van der Waals surface area contributed by atoms with Gasteiger partial charge in [-0.3, -0.25) is 19.1 Å². The third-order valence-electron chi connectivity index (χ3n) is 8.72. The maximum atomic E-state index is 13.6. The van der Waals surface area contributed by atoms with Gasteiger partial charge in [0.05, 0.1) is 10.6 Å². The summed E-state index contributed by atoms with van der Waals surface area (Å²) >= 11 is 6.42. The number of aromatic nitrogens is 4.